The van der Waals surface area contributed by atoms with Crippen LogP contribution in [0.15, 0.2) is 24.3 Å². The van der Waals surface area contributed by atoms with Crippen molar-refractivity contribution < 1.29 is 9.53 Å². The van der Waals surface area contributed by atoms with Crippen molar-refractivity contribution in [2.75, 3.05) is 18.6 Å². The summed E-state index contributed by atoms with van der Waals surface area (Å²) in [6.45, 7) is 7.83. The summed E-state index contributed by atoms with van der Waals surface area (Å²) in [4.78, 5) is 13.4. The highest BCUT2D eigenvalue weighted by Gasteiger charge is 2.66. The van der Waals surface area contributed by atoms with Crippen LogP contribution in [0.3, 0.4) is 0 Å². The fourth-order valence-electron chi connectivity index (χ4n) is 5.27. The number of nitrogens with zero attached hydrogens (tertiary/aromatic N) is 1. The van der Waals surface area contributed by atoms with Gasteiger partial charge in [-0.1, -0.05) is 20.8 Å². The van der Waals surface area contributed by atoms with Gasteiger partial charge >= 0.3 is 0 Å². The molecule has 4 heteroatoms. The summed E-state index contributed by atoms with van der Waals surface area (Å²) in [6.07, 6.45) is 5.70. The molecule has 3 unspecified atom stereocenters. The summed E-state index contributed by atoms with van der Waals surface area (Å²) >= 11 is 5.25. The zero-order valence-electron chi connectivity index (χ0n) is 15.2. The Balaban J connectivity index is 1.76. The molecular formula is C20H29NO2S. The number of rotatable bonds is 6. The second-order valence-electron chi connectivity index (χ2n) is 8.33. The maximum atomic E-state index is 11.6. The molecule has 0 saturated heterocycles. The van der Waals surface area contributed by atoms with Gasteiger partial charge in [0.25, 0.3) is 0 Å². The predicted octanol–water partition coefficient (Wildman–Crippen LogP) is 4.56. The number of carbonyl (C=O) groups excluding carboxylic acids is 1. The van der Waals surface area contributed by atoms with Crippen molar-refractivity contribution in [2.45, 2.75) is 51.2 Å². The average molecular weight is 348 g/mol. The number of hydrogen-bond donors (Lipinski definition) is 1. The highest BCUT2D eigenvalue weighted by molar-refractivity contribution is 7.82. The third kappa shape index (κ3) is 2.45. The van der Waals surface area contributed by atoms with E-state index in [1.165, 1.54) is 19.3 Å². The van der Waals surface area contributed by atoms with Crippen LogP contribution in [-0.2, 0) is 4.79 Å². The number of hydrogen-bond acceptors (Lipinski definition) is 3. The van der Waals surface area contributed by atoms with Gasteiger partial charge in [-0.05, 0) is 66.7 Å². The van der Waals surface area contributed by atoms with Crippen molar-refractivity contribution in [3.63, 3.8) is 0 Å². The molecule has 0 aromatic heterocycles. The molecule has 132 valence electrons. The molecule has 3 rings (SSSR count). The maximum Gasteiger partial charge on any atom is 0.214 e. The van der Waals surface area contributed by atoms with Gasteiger partial charge in [-0.2, -0.15) is 12.6 Å². The second-order valence-corrected chi connectivity index (χ2v) is 9.09. The van der Waals surface area contributed by atoms with E-state index in [1.807, 2.05) is 24.3 Å². The molecule has 0 spiro atoms. The van der Waals surface area contributed by atoms with Gasteiger partial charge in [0.2, 0.25) is 6.41 Å². The van der Waals surface area contributed by atoms with Gasteiger partial charge in [-0.15, -0.1) is 0 Å². The van der Waals surface area contributed by atoms with Crippen LogP contribution in [-0.4, -0.2) is 24.8 Å². The van der Waals surface area contributed by atoms with E-state index in [2.05, 4.69) is 20.8 Å². The zero-order chi connectivity index (χ0) is 17.6. The molecule has 1 aromatic rings. The summed E-state index contributed by atoms with van der Waals surface area (Å²) in [6, 6.07) is 7.66. The van der Waals surface area contributed by atoms with Crippen molar-refractivity contribution in [1.82, 2.24) is 0 Å². The molecule has 1 aromatic carbocycles. The average Bonchev–Trinajstić information content (AvgIpc) is 3.04. The van der Waals surface area contributed by atoms with Crippen molar-refractivity contribution in [3.05, 3.63) is 24.3 Å². The number of carbonyl (C=O) groups is 1. The number of benzene rings is 1. The van der Waals surface area contributed by atoms with E-state index in [9.17, 15) is 4.79 Å². The number of anilines is 1. The van der Waals surface area contributed by atoms with E-state index >= 15 is 0 Å². The fraction of sp³-hybridized carbons (Fsp3) is 0.650. The van der Waals surface area contributed by atoms with E-state index in [-0.39, 0.29) is 15.6 Å². The lowest BCUT2D eigenvalue weighted by Crippen LogP contribution is -2.51. The highest BCUT2D eigenvalue weighted by atomic mass is 32.1. The molecule has 24 heavy (non-hydrogen) atoms. The SMILES string of the molecule is COc1ccc(N(C=O)CCC2(S)C3(C)CCC(C3)C2(C)C)cc1. The summed E-state index contributed by atoms with van der Waals surface area (Å²) in [7, 11) is 1.65. The monoisotopic (exact) mass is 347 g/mol. The Hall–Kier alpha value is -1.16. The quantitative estimate of drug-likeness (QED) is 0.604. The smallest absolute Gasteiger partial charge is 0.214 e. The van der Waals surface area contributed by atoms with Gasteiger partial charge in [0.1, 0.15) is 5.75 Å². The molecule has 3 nitrogen and oxygen atoms in total. The third-order valence-corrected chi connectivity index (χ3v) is 8.41. The molecule has 0 aliphatic heterocycles. The van der Waals surface area contributed by atoms with E-state index in [0.717, 1.165) is 30.2 Å². The second kappa shape index (κ2) is 5.98. The molecule has 1 amide bonds. The molecule has 2 aliphatic carbocycles. The first-order chi connectivity index (χ1) is 11.3. The molecule has 2 aliphatic rings. The Morgan fingerprint density at radius 2 is 1.96 bits per heavy atom. The van der Waals surface area contributed by atoms with Gasteiger partial charge in [-0.25, -0.2) is 0 Å². The topological polar surface area (TPSA) is 29.5 Å². The molecule has 0 radical (unpaired) electrons. The van der Waals surface area contributed by atoms with Crippen LogP contribution in [0.2, 0.25) is 0 Å². The third-order valence-electron chi connectivity index (χ3n) is 7.07. The lowest BCUT2D eigenvalue weighted by atomic mass is 9.61. The Bertz CT molecular complexity index is 608. The summed E-state index contributed by atoms with van der Waals surface area (Å²) in [5, 5.41) is 0. The van der Waals surface area contributed by atoms with Gasteiger partial charge in [-0.3, -0.25) is 4.79 Å². The molecule has 0 heterocycles. The number of ether oxygens (including phenoxy) is 1. The lowest BCUT2D eigenvalue weighted by molar-refractivity contribution is -0.107. The first-order valence-electron chi connectivity index (χ1n) is 8.86. The summed E-state index contributed by atoms with van der Waals surface area (Å²) in [5.41, 5.74) is 1.39. The van der Waals surface area contributed by atoms with Gasteiger partial charge in [0.15, 0.2) is 0 Å². The summed E-state index contributed by atoms with van der Waals surface area (Å²) in [5.74, 6) is 1.56. The zero-order valence-corrected chi connectivity index (χ0v) is 16.1. The fourth-order valence-corrected chi connectivity index (χ4v) is 5.76. The number of thiol groups is 1. The molecule has 2 bridgehead atoms. The highest BCUT2D eigenvalue weighted by Crippen LogP contribution is 2.71. The van der Waals surface area contributed by atoms with Crippen LogP contribution >= 0.6 is 12.6 Å². The number of amides is 1. The molecule has 2 saturated carbocycles. The van der Waals surface area contributed by atoms with Crippen LogP contribution in [0.25, 0.3) is 0 Å². The Morgan fingerprint density at radius 1 is 1.29 bits per heavy atom. The Morgan fingerprint density at radius 3 is 2.46 bits per heavy atom. The molecular weight excluding hydrogens is 318 g/mol. The van der Waals surface area contributed by atoms with Crippen LogP contribution < -0.4 is 9.64 Å². The van der Waals surface area contributed by atoms with Crippen LogP contribution in [0.5, 0.6) is 5.75 Å². The Labute approximate surface area is 151 Å². The minimum atomic E-state index is -0.0311. The largest absolute Gasteiger partial charge is 0.497 e. The molecule has 0 N–H and O–H groups in total. The minimum absolute atomic E-state index is 0.0311. The predicted molar refractivity (Wildman–Crippen MR) is 102 cm³/mol. The van der Waals surface area contributed by atoms with Crippen molar-refractivity contribution in [3.8, 4) is 5.75 Å². The van der Waals surface area contributed by atoms with E-state index in [4.69, 9.17) is 17.4 Å². The van der Waals surface area contributed by atoms with Gasteiger partial charge in [0, 0.05) is 17.0 Å². The van der Waals surface area contributed by atoms with Crippen molar-refractivity contribution in [1.29, 1.82) is 0 Å². The lowest BCUT2D eigenvalue weighted by Gasteiger charge is -2.52. The Kier molecular flexibility index (Phi) is 4.40. The summed E-state index contributed by atoms with van der Waals surface area (Å²) < 4.78 is 5.16. The maximum absolute atomic E-state index is 11.6. The number of fused-ring (bicyclic) bond motifs is 2. The van der Waals surface area contributed by atoms with E-state index in [0.29, 0.717) is 6.54 Å². The normalized spacial score (nSPS) is 33.5. The van der Waals surface area contributed by atoms with Crippen molar-refractivity contribution >= 4 is 24.7 Å². The minimum Gasteiger partial charge on any atom is -0.497 e. The van der Waals surface area contributed by atoms with Crippen LogP contribution in [0.4, 0.5) is 5.69 Å². The number of methoxy groups -OCH3 is 1. The van der Waals surface area contributed by atoms with E-state index in [1.54, 1.807) is 12.0 Å². The van der Waals surface area contributed by atoms with Crippen LogP contribution in [0.1, 0.15) is 46.5 Å². The molecule has 2 fully saturated rings. The van der Waals surface area contributed by atoms with Crippen LogP contribution in [0, 0.1) is 16.7 Å². The van der Waals surface area contributed by atoms with Gasteiger partial charge in [0.05, 0.1) is 7.11 Å². The first-order valence-corrected chi connectivity index (χ1v) is 9.30. The van der Waals surface area contributed by atoms with Gasteiger partial charge < -0.3 is 9.64 Å². The first kappa shape index (κ1) is 17.7. The molecule has 3 atom stereocenters. The standard InChI is InChI=1S/C20H29NO2S/c1-18(2)15-9-10-19(3,13-15)20(18,24)11-12-21(14-22)16-5-7-17(23-4)8-6-16/h5-8,14-15,24H,9-13H2,1-4H3. The van der Waals surface area contributed by atoms with Crippen molar-refractivity contribution in [2.24, 2.45) is 16.7 Å². The van der Waals surface area contributed by atoms with E-state index < -0.39 is 0 Å².